The van der Waals surface area contributed by atoms with Crippen LogP contribution in [0.15, 0.2) is 18.7 Å². The van der Waals surface area contributed by atoms with Gasteiger partial charge in [-0.15, -0.1) is 0 Å². The molecule has 1 heterocycles. The van der Waals surface area contributed by atoms with Crippen LogP contribution in [0.5, 0.6) is 0 Å². The van der Waals surface area contributed by atoms with Crippen LogP contribution in [0.4, 0.5) is 0 Å². The Kier molecular flexibility index (Phi) is 12.2. The minimum atomic E-state index is -0.943. The number of hydrogen-bond donors (Lipinski definition) is 2. The van der Waals surface area contributed by atoms with E-state index in [2.05, 4.69) is 14.9 Å². The van der Waals surface area contributed by atoms with Gasteiger partial charge in [0, 0.05) is 25.4 Å². The Morgan fingerprint density at radius 2 is 1.59 bits per heavy atom. The van der Waals surface area contributed by atoms with Crippen molar-refractivity contribution in [2.24, 2.45) is 5.92 Å². The molecule has 1 aromatic heterocycles. The smallest absolute Gasteiger partial charge is 0.326 e. The highest BCUT2D eigenvalue weighted by Gasteiger charge is 2.20. The van der Waals surface area contributed by atoms with Gasteiger partial charge in [-0.3, -0.25) is 4.79 Å². The van der Waals surface area contributed by atoms with Gasteiger partial charge < -0.3 is 15.0 Å². The van der Waals surface area contributed by atoms with Crippen LogP contribution in [0.1, 0.15) is 84.5 Å². The lowest BCUT2D eigenvalue weighted by molar-refractivity contribution is -0.142. The van der Waals surface area contributed by atoms with Crippen LogP contribution in [0.25, 0.3) is 0 Å². The molecule has 0 aliphatic carbocycles. The van der Waals surface area contributed by atoms with E-state index in [1.165, 1.54) is 38.5 Å². The Morgan fingerprint density at radius 1 is 1.00 bits per heavy atom. The molecule has 1 unspecified atom stereocenters. The molecule has 154 valence electrons. The Bertz CT molecular complexity index is 515. The number of imidazole rings is 1. The standard InChI is InChI=1S/C21H37N3O3/c1-18(2)16-19(21(26)27)23-20(25)12-10-8-6-4-3-5-7-9-11-14-24-15-13-22-17-24/h13,15,17-19H,3-12,14,16H2,1-2H3,(H,23,25)(H,26,27). The van der Waals surface area contributed by atoms with Gasteiger partial charge in [0.15, 0.2) is 0 Å². The maximum atomic E-state index is 11.9. The van der Waals surface area contributed by atoms with E-state index in [9.17, 15) is 9.59 Å². The second-order valence-corrected chi connectivity index (χ2v) is 7.82. The molecule has 0 spiro atoms. The Hall–Kier alpha value is -1.85. The first-order valence-electron chi connectivity index (χ1n) is 10.5. The predicted molar refractivity (Wildman–Crippen MR) is 107 cm³/mol. The zero-order valence-electron chi connectivity index (χ0n) is 17.0. The third kappa shape index (κ3) is 12.2. The Labute approximate surface area is 163 Å². The zero-order valence-corrected chi connectivity index (χ0v) is 17.0. The average Bonchev–Trinajstić information content (AvgIpc) is 3.12. The van der Waals surface area contributed by atoms with E-state index in [1.54, 1.807) is 0 Å². The molecular formula is C21H37N3O3. The Morgan fingerprint density at radius 3 is 2.11 bits per heavy atom. The molecule has 1 aromatic rings. The van der Waals surface area contributed by atoms with E-state index >= 15 is 0 Å². The molecule has 1 rings (SSSR count). The highest BCUT2D eigenvalue weighted by Crippen LogP contribution is 2.11. The largest absolute Gasteiger partial charge is 0.480 e. The molecular weight excluding hydrogens is 342 g/mol. The maximum Gasteiger partial charge on any atom is 0.326 e. The van der Waals surface area contributed by atoms with Crippen molar-refractivity contribution in [3.8, 4) is 0 Å². The van der Waals surface area contributed by atoms with Gasteiger partial charge in [-0.25, -0.2) is 9.78 Å². The molecule has 0 bridgehead atoms. The van der Waals surface area contributed by atoms with E-state index in [0.29, 0.717) is 12.8 Å². The topological polar surface area (TPSA) is 84.2 Å². The van der Waals surface area contributed by atoms with Crippen LogP contribution >= 0.6 is 0 Å². The third-order valence-electron chi connectivity index (χ3n) is 4.72. The number of aromatic nitrogens is 2. The first kappa shape index (κ1) is 23.2. The number of aliphatic carboxylic acids is 1. The fourth-order valence-electron chi connectivity index (χ4n) is 3.20. The predicted octanol–water partition coefficient (Wildman–Crippen LogP) is 4.40. The summed E-state index contributed by atoms with van der Waals surface area (Å²) in [6, 6.07) is -0.758. The summed E-state index contributed by atoms with van der Waals surface area (Å²) in [7, 11) is 0. The summed E-state index contributed by atoms with van der Waals surface area (Å²) < 4.78 is 2.12. The van der Waals surface area contributed by atoms with Crippen molar-refractivity contribution in [1.29, 1.82) is 0 Å². The first-order chi connectivity index (χ1) is 13.0. The molecule has 2 N–H and O–H groups in total. The SMILES string of the molecule is CC(C)CC(NC(=O)CCCCCCCCCCCn1ccnc1)C(=O)O. The molecule has 0 saturated carbocycles. The minimum Gasteiger partial charge on any atom is -0.480 e. The molecule has 1 atom stereocenters. The van der Waals surface area contributed by atoms with E-state index in [1.807, 2.05) is 32.6 Å². The number of unbranched alkanes of at least 4 members (excludes halogenated alkanes) is 8. The van der Waals surface area contributed by atoms with Crippen LogP contribution in [0.2, 0.25) is 0 Å². The van der Waals surface area contributed by atoms with E-state index in [4.69, 9.17) is 5.11 Å². The molecule has 0 aliphatic rings. The van der Waals surface area contributed by atoms with Gasteiger partial charge >= 0.3 is 5.97 Å². The number of nitrogens with one attached hydrogen (secondary N) is 1. The molecule has 0 radical (unpaired) electrons. The lowest BCUT2D eigenvalue weighted by Gasteiger charge is -2.16. The number of hydrogen-bond acceptors (Lipinski definition) is 3. The van der Waals surface area contributed by atoms with Crippen molar-refractivity contribution < 1.29 is 14.7 Å². The van der Waals surface area contributed by atoms with E-state index < -0.39 is 12.0 Å². The molecule has 27 heavy (non-hydrogen) atoms. The highest BCUT2D eigenvalue weighted by atomic mass is 16.4. The van der Waals surface area contributed by atoms with Gasteiger partial charge in [0.2, 0.25) is 5.91 Å². The number of carbonyl (C=O) groups is 2. The van der Waals surface area contributed by atoms with Crippen molar-refractivity contribution in [3.63, 3.8) is 0 Å². The fourth-order valence-corrected chi connectivity index (χ4v) is 3.20. The van der Waals surface area contributed by atoms with Crippen LogP contribution in [0, 0.1) is 5.92 Å². The highest BCUT2D eigenvalue weighted by molar-refractivity contribution is 5.83. The summed E-state index contributed by atoms with van der Waals surface area (Å²) >= 11 is 0. The molecule has 0 aliphatic heterocycles. The van der Waals surface area contributed by atoms with Gasteiger partial charge in [0.05, 0.1) is 6.33 Å². The lowest BCUT2D eigenvalue weighted by Crippen LogP contribution is -2.41. The average molecular weight is 380 g/mol. The van der Waals surface area contributed by atoms with Crippen LogP contribution in [0.3, 0.4) is 0 Å². The second-order valence-electron chi connectivity index (χ2n) is 7.82. The number of carbonyl (C=O) groups excluding carboxylic acids is 1. The molecule has 0 fully saturated rings. The summed E-state index contributed by atoms with van der Waals surface area (Å²) in [5, 5.41) is 11.8. The number of nitrogens with zero attached hydrogens (tertiary/aromatic N) is 2. The summed E-state index contributed by atoms with van der Waals surface area (Å²) in [6.07, 6.45) is 17.1. The molecule has 6 nitrogen and oxygen atoms in total. The summed E-state index contributed by atoms with van der Waals surface area (Å²) in [4.78, 5) is 27.1. The van der Waals surface area contributed by atoms with Gasteiger partial charge in [0.1, 0.15) is 6.04 Å². The number of rotatable bonds is 16. The molecule has 1 amide bonds. The van der Waals surface area contributed by atoms with Crippen LogP contribution < -0.4 is 5.32 Å². The van der Waals surface area contributed by atoms with Gasteiger partial charge in [-0.05, 0) is 25.2 Å². The van der Waals surface area contributed by atoms with Crippen LogP contribution in [-0.4, -0.2) is 32.6 Å². The minimum absolute atomic E-state index is 0.138. The quantitative estimate of drug-likeness (QED) is 0.417. The molecule has 6 heteroatoms. The van der Waals surface area contributed by atoms with Gasteiger partial charge in [-0.1, -0.05) is 58.8 Å². The number of aryl methyl sites for hydroxylation is 1. The van der Waals surface area contributed by atoms with Crippen molar-refractivity contribution in [2.45, 2.75) is 97.1 Å². The number of amides is 1. The lowest BCUT2D eigenvalue weighted by atomic mass is 10.0. The van der Waals surface area contributed by atoms with Crippen molar-refractivity contribution in [1.82, 2.24) is 14.9 Å². The second kappa shape index (κ2) is 14.2. The summed E-state index contributed by atoms with van der Waals surface area (Å²) in [6.45, 7) is 4.98. The molecule has 0 aromatic carbocycles. The zero-order chi connectivity index (χ0) is 19.9. The van der Waals surface area contributed by atoms with Crippen LogP contribution in [-0.2, 0) is 16.1 Å². The summed E-state index contributed by atoms with van der Waals surface area (Å²) in [5.41, 5.74) is 0. The van der Waals surface area contributed by atoms with Gasteiger partial charge in [0.25, 0.3) is 0 Å². The maximum absolute atomic E-state index is 11.9. The van der Waals surface area contributed by atoms with Gasteiger partial charge in [-0.2, -0.15) is 0 Å². The van der Waals surface area contributed by atoms with Crippen molar-refractivity contribution >= 4 is 11.9 Å². The monoisotopic (exact) mass is 379 g/mol. The number of carboxylic acids is 1. The Balaban J connectivity index is 1.91. The van der Waals surface area contributed by atoms with E-state index in [-0.39, 0.29) is 11.8 Å². The van der Waals surface area contributed by atoms with E-state index in [0.717, 1.165) is 25.8 Å². The third-order valence-corrected chi connectivity index (χ3v) is 4.72. The number of carboxylic acid groups (broad SMARTS) is 1. The normalized spacial score (nSPS) is 12.3. The fraction of sp³-hybridized carbons (Fsp3) is 0.762. The molecule has 0 saturated heterocycles. The van der Waals surface area contributed by atoms with Crippen molar-refractivity contribution in [3.05, 3.63) is 18.7 Å². The summed E-state index contributed by atoms with van der Waals surface area (Å²) in [5.74, 6) is -0.833. The van der Waals surface area contributed by atoms with Crippen molar-refractivity contribution in [2.75, 3.05) is 0 Å². The first-order valence-corrected chi connectivity index (χ1v) is 10.5.